The fourth-order valence-corrected chi connectivity index (χ4v) is 1.44. The van der Waals surface area contributed by atoms with Crippen LogP contribution in [0.5, 0.6) is 0 Å². The van der Waals surface area contributed by atoms with Crippen molar-refractivity contribution in [3.8, 4) is 0 Å². The summed E-state index contributed by atoms with van der Waals surface area (Å²) in [4.78, 5) is 24.3. The van der Waals surface area contributed by atoms with Crippen LogP contribution in [0, 0.1) is 16.0 Å². The van der Waals surface area contributed by atoms with Crippen molar-refractivity contribution in [1.29, 1.82) is 0 Å². The summed E-state index contributed by atoms with van der Waals surface area (Å²) in [5.41, 5.74) is 0.320. The van der Waals surface area contributed by atoms with Gasteiger partial charge in [-0.05, 0) is 18.4 Å². The van der Waals surface area contributed by atoms with Crippen LogP contribution in [0.15, 0.2) is 18.5 Å². The van der Waals surface area contributed by atoms with Crippen LogP contribution in [0.2, 0.25) is 0 Å². The van der Waals surface area contributed by atoms with Gasteiger partial charge in [-0.15, -0.1) is 0 Å². The lowest BCUT2D eigenvalue weighted by atomic mass is 10.1. The molecule has 0 aliphatic carbocycles. The number of carboxylic acid groups (broad SMARTS) is 1. The first-order valence-corrected chi connectivity index (χ1v) is 5.54. The molecular formula is C11H15N3O4. The fourth-order valence-electron chi connectivity index (χ4n) is 1.44. The van der Waals surface area contributed by atoms with E-state index >= 15 is 0 Å². The molecule has 1 heterocycles. The maximum absolute atomic E-state index is 10.7. The number of carboxylic acids is 1. The summed E-state index contributed by atoms with van der Waals surface area (Å²) in [5.74, 6) is -0.717. The van der Waals surface area contributed by atoms with E-state index in [2.05, 4.69) is 10.3 Å². The molecule has 1 aromatic rings. The van der Waals surface area contributed by atoms with Crippen molar-refractivity contribution < 1.29 is 14.8 Å². The molecule has 0 amide bonds. The number of anilines is 1. The molecule has 1 atom stereocenters. The number of pyridine rings is 1. The van der Waals surface area contributed by atoms with E-state index < -0.39 is 10.9 Å². The van der Waals surface area contributed by atoms with Gasteiger partial charge < -0.3 is 10.4 Å². The van der Waals surface area contributed by atoms with Gasteiger partial charge in [-0.1, -0.05) is 6.92 Å². The molecule has 98 valence electrons. The molecule has 1 rings (SSSR count). The standard InChI is InChI=1S/C11H15N3O4/c1-8(2-3-11(15)16)6-13-9-4-5-12-7-10(9)14(17)18/h4-5,7-8H,2-3,6H2,1H3,(H,12,13)(H,15,16). The quantitative estimate of drug-likeness (QED) is 0.568. The summed E-state index contributed by atoms with van der Waals surface area (Å²) in [7, 11) is 0. The molecule has 0 spiro atoms. The number of hydrogen-bond acceptors (Lipinski definition) is 5. The largest absolute Gasteiger partial charge is 0.481 e. The molecule has 0 saturated carbocycles. The van der Waals surface area contributed by atoms with E-state index in [1.807, 2.05) is 6.92 Å². The molecule has 0 radical (unpaired) electrons. The molecule has 2 N–H and O–H groups in total. The minimum atomic E-state index is -0.836. The fraction of sp³-hybridized carbons (Fsp3) is 0.455. The van der Waals surface area contributed by atoms with Crippen LogP contribution in [0.4, 0.5) is 11.4 Å². The minimum Gasteiger partial charge on any atom is -0.481 e. The highest BCUT2D eigenvalue weighted by Crippen LogP contribution is 2.22. The van der Waals surface area contributed by atoms with Crippen LogP contribution in [0.1, 0.15) is 19.8 Å². The summed E-state index contributed by atoms with van der Waals surface area (Å²) in [6, 6.07) is 1.53. The number of carbonyl (C=O) groups is 1. The minimum absolute atomic E-state index is 0.0806. The Bertz CT molecular complexity index is 436. The zero-order chi connectivity index (χ0) is 13.5. The second kappa shape index (κ2) is 6.53. The van der Waals surface area contributed by atoms with Crippen LogP contribution in [-0.2, 0) is 4.79 Å². The Hall–Kier alpha value is -2.18. The molecule has 1 aromatic heterocycles. The van der Waals surface area contributed by atoms with Crippen molar-refractivity contribution in [3.63, 3.8) is 0 Å². The highest BCUT2D eigenvalue weighted by Gasteiger charge is 2.13. The average Bonchev–Trinajstić information content (AvgIpc) is 2.34. The van der Waals surface area contributed by atoms with E-state index in [9.17, 15) is 14.9 Å². The number of nitrogens with zero attached hydrogens (tertiary/aromatic N) is 2. The Kier molecular flexibility index (Phi) is 5.04. The molecule has 0 fully saturated rings. The molecule has 0 saturated heterocycles. The Balaban J connectivity index is 2.53. The lowest BCUT2D eigenvalue weighted by Crippen LogP contribution is -2.13. The first-order chi connectivity index (χ1) is 8.50. The summed E-state index contributed by atoms with van der Waals surface area (Å²) in [6.45, 7) is 2.38. The number of hydrogen-bond donors (Lipinski definition) is 2. The van der Waals surface area contributed by atoms with Crippen molar-refractivity contribution in [1.82, 2.24) is 4.98 Å². The first-order valence-electron chi connectivity index (χ1n) is 5.54. The predicted molar refractivity (Wildman–Crippen MR) is 65.4 cm³/mol. The van der Waals surface area contributed by atoms with Gasteiger partial charge >= 0.3 is 11.7 Å². The third-order valence-corrected chi connectivity index (χ3v) is 2.49. The molecule has 1 unspecified atom stereocenters. The van der Waals surface area contributed by atoms with Gasteiger partial charge in [0.25, 0.3) is 0 Å². The summed E-state index contributed by atoms with van der Waals surface area (Å²) < 4.78 is 0. The first kappa shape index (κ1) is 13.9. The molecule has 0 aliphatic heterocycles. The van der Waals surface area contributed by atoms with Gasteiger partial charge in [0.05, 0.1) is 4.92 Å². The molecule has 18 heavy (non-hydrogen) atoms. The second-order valence-corrected chi connectivity index (χ2v) is 4.07. The van der Waals surface area contributed by atoms with Crippen LogP contribution < -0.4 is 5.32 Å². The summed E-state index contributed by atoms with van der Waals surface area (Å²) in [5, 5.41) is 22.2. The van der Waals surface area contributed by atoms with Crippen molar-refractivity contribution in [3.05, 3.63) is 28.6 Å². The normalized spacial score (nSPS) is 11.8. The van der Waals surface area contributed by atoms with Gasteiger partial charge in [0.15, 0.2) is 0 Å². The lowest BCUT2D eigenvalue weighted by Gasteiger charge is -2.12. The molecule has 0 aromatic carbocycles. The number of aromatic nitrogens is 1. The van der Waals surface area contributed by atoms with Crippen LogP contribution in [0.25, 0.3) is 0 Å². The number of rotatable bonds is 7. The summed E-state index contributed by atoms with van der Waals surface area (Å²) >= 11 is 0. The average molecular weight is 253 g/mol. The second-order valence-electron chi connectivity index (χ2n) is 4.07. The van der Waals surface area contributed by atoms with E-state index in [-0.39, 0.29) is 18.0 Å². The molecule has 0 aliphatic rings. The van der Waals surface area contributed by atoms with E-state index in [1.54, 1.807) is 0 Å². The molecule has 7 heteroatoms. The van der Waals surface area contributed by atoms with E-state index in [0.717, 1.165) is 0 Å². The highest BCUT2D eigenvalue weighted by molar-refractivity contribution is 5.66. The van der Waals surface area contributed by atoms with Crippen LogP contribution in [0.3, 0.4) is 0 Å². The van der Waals surface area contributed by atoms with Crippen molar-refractivity contribution in [2.45, 2.75) is 19.8 Å². The van der Waals surface area contributed by atoms with Crippen LogP contribution >= 0.6 is 0 Å². The third-order valence-electron chi connectivity index (χ3n) is 2.49. The van der Waals surface area contributed by atoms with Gasteiger partial charge in [-0.25, -0.2) is 0 Å². The van der Waals surface area contributed by atoms with Gasteiger partial charge in [-0.3, -0.25) is 19.9 Å². The topological polar surface area (TPSA) is 105 Å². The SMILES string of the molecule is CC(CCC(=O)O)CNc1ccncc1[N+](=O)[O-]. The zero-order valence-corrected chi connectivity index (χ0v) is 10.00. The number of nitro groups is 1. The van der Waals surface area contributed by atoms with Gasteiger partial charge in [-0.2, -0.15) is 0 Å². The van der Waals surface area contributed by atoms with Gasteiger partial charge in [0.2, 0.25) is 0 Å². The lowest BCUT2D eigenvalue weighted by molar-refractivity contribution is -0.384. The Morgan fingerprint density at radius 1 is 1.67 bits per heavy atom. The molecule has 7 nitrogen and oxygen atoms in total. The van der Waals surface area contributed by atoms with Gasteiger partial charge in [0, 0.05) is 19.2 Å². The van der Waals surface area contributed by atoms with E-state index in [0.29, 0.717) is 18.7 Å². The van der Waals surface area contributed by atoms with Crippen LogP contribution in [-0.4, -0.2) is 27.5 Å². The van der Waals surface area contributed by atoms with Crippen molar-refractivity contribution in [2.75, 3.05) is 11.9 Å². The Labute approximate surface area is 104 Å². The highest BCUT2D eigenvalue weighted by atomic mass is 16.6. The Morgan fingerprint density at radius 2 is 2.39 bits per heavy atom. The molecule has 0 bridgehead atoms. The smallest absolute Gasteiger partial charge is 0.310 e. The number of nitrogens with one attached hydrogen (secondary N) is 1. The maximum atomic E-state index is 10.7. The maximum Gasteiger partial charge on any atom is 0.310 e. The van der Waals surface area contributed by atoms with E-state index in [1.165, 1.54) is 18.5 Å². The third kappa shape index (κ3) is 4.36. The van der Waals surface area contributed by atoms with Gasteiger partial charge in [0.1, 0.15) is 11.9 Å². The van der Waals surface area contributed by atoms with Crippen molar-refractivity contribution >= 4 is 17.3 Å². The summed E-state index contributed by atoms with van der Waals surface area (Å²) in [6.07, 6.45) is 3.28. The van der Waals surface area contributed by atoms with Crippen molar-refractivity contribution in [2.24, 2.45) is 5.92 Å². The predicted octanol–water partition coefficient (Wildman–Crippen LogP) is 1.90. The Morgan fingerprint density at radius 3 is 3.00 bits per heavy atom. The molecular weight excluding hydrogens is 238 g/mol. The zero-order valence-electron chi connectivity index (χ0n) is 10.00. The van der Waals surface area contributed by atoms with E-state index in [4.69, 9.17) is 5.11 Å². The number of aliphatic carboxylic acids is 1. The monoisotopic (exact) mass is 253 g/mol.